The van der Waals surface area contributed by atoms with Gasteiger partial charge in [-0.05, 0) is 32.4 Å². The Hall–Kier alpha value is -1.36. The quantitative estimate of drug-likeness (QED) is 0.297. The van der Waals surface area contributed by atoms with Crippen LogP contribution in [0.4, 0.5) is 5.69 Å². The average molecular weight is 482 g/mol. The maximum Gasteiger partial charge on any atom is 0.246 e. The van der Waals surface area contributed by atoms with Crippen LogP contribution in [0.3, 0.4) is 0 Å². The minimum absolute atomic E-state index is 0. The molecule has 0 aliphatic rings. The molecule has 9 heteroatoms. The zero-order valence-electron chi connectivity index (χ0n) is 14.8. The lowest BCUT2D eigenvalue weighted by molar-refractivity contribution is -0.114. The molecule has 1 unspecified atom stereocenters. The molecule has 0 spiro atoms. The topological polar surface area (TPSA) is 99.7 Å². The Morgan fingerprint density at radius 2 is 1.88 bits per heavy atom. The molecule has 0 aromatic heterocycles. The summed E-state index contributed by atoms with van der Waals surface area (Å²) in [5.74, 6) is 0.374. The number of rotatable bonds is 8. The summed E-state index contributed by atoms with van der Waals surface area (Å²) >= 11 is 0. The van der Waals surface area contributed by atoms with E-state index in [9.17, 15) is 13.2 Å². The zero-order chi connectivity index (χ0) is 18.0. The third kappa shape index (κ3) is 11.8. The highest BCUT2D eigenvalue weighted by molar-refractivity contribution is 14.0. The lowest BCUT2D eigenvalue weighted by Gasteiger charge is -2.17. The second kappa shape index (κ2) is 12.1. The Bertz CT molecular complexity index is 651. The van der Waals surface area contributed by atoms with Crippen molar-refractivity contribution in [1.29, 1.82) is 0 Å². The summed E-state index contributed by atoms with van der Waals surface area (Å²) in [6.07, 6.45) is 1.69. The molecule has 1 aromatic carbocycles. The largest absolute Gasteiger partial charge is 0.357 e. The summed E-state index contributed by atoms with van der Waals surface area (Å²) in [6.45, 7) is 4.42. The molecule has 1 amide bonds. The van der Waals surface area contributed by atoms with Crippen molar-refractivity contribution in [2.75, 3.05) is 30.4 Å². The summed E-state index contributed by atoms with van der Waals surface area (Å²) in [7, 11) is -2.99. The predicted octanol–water partition coefficient (Wildman–Crippen LogP) is 1.62. The second-order valence-electron chi connectivity index (χ2n) is 5.57. The molecule has 142 valence electrons. The summed E-state index contributed by atoms with van der Waals surface area (Å²) in [4.78, 5) is 16.1. The minimum atomic E-state index is -2.99. The minimum Gasteiger partial charge on any atom is -0.357 e. The number of para-hydroxylation sites is 1. The van der Waals surface area contributed by atoms with Gasteiger partial charge < -0.3 is 16.0 Å². The van der Waals surface area contributed by atoms with Crippen LogP contribution >= 0.6 is 24.0 Å². The molecule has 7 nitrogen and oxygen atoms in total. The van der Waals surface area contributed by atoms with E-state index in [-0.39, 0.29) is 48.2 Å². The van der Waals surface area contributed by atoms with Crippen molar-refractivity contribution in [2.24, 2.45) is 4.99 Å². The number of hydrogen-bond acceptors (Lipinski definition) is 4. The van der Waals surface area contributed by atoms with E-state index in [4.69, 9.17) is 0 Å². The van der Waals surface area contributed by atoms with E-state index in [1.165, 1.54) is 6.26 Å². The van der Waals surface area contributed by atoms with Gasteiger partial charge in [-0.3, -0.25) is 4.79 Å². The molecular weight excluding hydrogens is 455 g/mol. The molecule has 1 rings (SSSR count). The monoisotopic (exact) mass is 482 g/mol. The van der Waals surface area contributed by atoms with Gasteiger partial charge in [0.05, 0.1) is 5.75 Å². The van der Waals surface area contributed by atoms with Gasteiger partial charge in [0.25, 0.3) is 0 Å². The van der Waals surface area contributed by atoms with Crippen LogP contribution < -0.4 is 16.0 Å². The number of nitrogens with zero attached hydrogens (tertiary/aromatic N) is 1. The molecule has 1 aromatic rings. The smallest absolute Gasteiger partial charge is 0.246 e. The molecule has 0 heterocycles. The second-order valence-corrected chi connectivity index (χ2v) is 7.83. The Morgan fingerprint density at radius 3 is 2.44 bits per heavy atom. The van der Waals surface area contributed by atoms with Crippen LogP contribution in [-0.4, -0.2) is 51.4 Å². The average Bonchev–Trinajstić information content (AvgIpc) is 2.51. The van der Waals surface area contributed by atoms with E-state index in [0.717, 1.165) is 5.69 Å². The number of benzene rings is 1. The molecule has 0 fully saturated rings. The van der Waals surface area contributed by atoms with Crippen LogP contribution in [0, 0.1) is 0 Å². The van der Waals surface area contributed by atoms with Crippen LogP contribution in [0.15, 0.2) is 35.3 Å². The van der Waals surface area contributed by atoms with Crippen LogP contribution in [0.2, 0.25) is 0 Å². The number of aliphatic imine (C=N–C) groups is 1. The number of anilines is 1. The summed E-state index contributed by atoms with van der Waals surface area (Å²) in [6, 6.07) is 9.09. The molecule has 0 saturated heterocycles. The number of nitrogens with one attached hydrogen (secondary N) is 3. The van der Waals surface area contributed by atoms with Gasteiger partial charge >= 0.3 is 0 Å². The van der Waals surface area contributed by atoms with Gasteiger partial charge in [-0.1, -0.05) is 18.2 Å². The van der Waals surface area contributed by atoms with E-state index in [1.54, 1.807) is 12.1 Å². The van der Waals surface area contributed by atoms with E-state index in [2.05, 4.69) is 20.9 Å². The molecule has 0 aliphatic heterocycles. The summed E-state index contributed by atoms with van der Waals surface area (Å²) < 4.78 is 22.4. The number of carbonyl (C=O) groups is 1. The van der Waals surface area contributed by atoms with E-state index < -0.39 is 9.84 Å². The van der Waals surface area contributed by atoms with Gasteiger partial charge in [-0.25, -0.2) is 13.4 Å². The number of carbonyl (C=O) groups excluding carboxylic acids is 1. The number of halogens is 1. The van der Waals surface area contributed by atoms with Crippen molar-refractivity contribution in [2.45, 2.75) is 26.3 Å². The number of hydrogen-bond donors (Lipinski definition) is 3. The SMILES string of the molecule is CCNC(=NCC(=O)Nc1ccccc1)NC(C)CCS(C)(=O)=O.I. The van der Waals surface area contributed by atoms with Crippen molar-refractivity contribution in [3.05, 3.63) is 30.3 Å². The molecule has 0 saturated carbocycles. The van der Waals surface area contributed by atoms with Crippen LogP contribution in [0.25, 0.3) is 0 Å². The first-order chi connectivity index (χ1) is 11.3. The van der Waals surface area contributed by atoms with Crippen LogP contribution in [-0.2, 0) is 14.6 Å². The van der Waals surface area contributed by atoms with Crippen molar-refractivity contribution in [1.82, 2.24) is 10.6 Å². The summed E-state index contributed by atoms with van der Waals surface area (Å²) in [5, 5.41) is 8.90. The highest BCUT2D eigenvalue weighted by Gasteiger charge is 2.10. The Kier molecular flexibility index (Phi) is 11.4. The first-order valence-electron chi connectivity index (χ1n) is 7.87. The van der Waals surface area contributed by atoms with Gasteiger partial charge in [-0.2, -0.15) is 0 Å². The Balaban J connectivity index is 0.00000576. The third-order valence-corrected chi connectivity index (χ3v) is 4.06. The lowest BCUT2D eigenvalue weighted by Crippen LogP contribution is -2.43. The Morgan fingerprint density at radius 1 is 1.24 bits per heavy atom. The first-order valence-corrected chi connectivity index (χ1v) is 9.93. The number of guanidine groups is 1. The maximum absolute atomic E-state index is 11.9. The Labute approximate surface area is 167 Å². The molecular formula is C16H27IN4O3S. The van der Waals surface area contributed by atoms with Crippen molar-refractivity contribution < 1.29 is 13.2 Å². The van der Waals surface area contributed by atoms with Gasteiger partial charge in [0, 0.05) is 24.5 Å². The number of sulfone groups is 1. The first kappa shape index (κ1) is 23.6. The van der Waals surface area contributed by atoms with E-state index in [0.29, 0.717) is 18.9 Å². The van der Waals surface area contributed by atoms with Gasteiger partial charge in [0.15, 0.2) is 5.96 Å². The standard InChI is InChI=1S/C16H26N4O3S.HI/c1-4-17-16(19-13(2)10-11-24(3,22)23)18-12-15(21)20-14-8-6-5-7-9-14;/h5-9,13H,4,10-12H2,1-3H3,(H,20,21)(H2,17,18,19);1H. The molecule has 0 aliphatic carbocycles. The highest BCUT2D eigenvalue weighted by atomic mass is 127. The van der Waals surface area contributed by atoms with E-state index in [1.807, 2.05) is 32.0 Å². The van der Waals surface area contributed by atoms with Crippen molar-refractivity contribution in [3.8, 4) is 0 Å². The lowest BCUT2D eigenvalue weighted by atomic mass is 10.3. The van der Waals surface area contributed by atoms with Crippen molar-refractivity contribution in [3.63, 3.8) is 0 Å². The fourth-order valence-corrected chi connectivity index (χ4v) is 2.67. The molecule has 1 atom stereocenters. The fraction of sp³-hybridized carbons (Fsp3) is 0.500. The molecule has 0 bridgehead atoms. The van der Waals surface area contributed by atoms with Crippen LogP contribution in [0.1, 0.15) is 20.3 Å². The van der Waals surface area contributed by atoms with Gasteiger partial charge in [-0.15, -0.1) is 24.0 Å². The fourth-order valence-electron chi connectivity index (χ4n) is 1.89. The van der Waals surface area contributed by atoms with Crippen LogP contribution in [0.5, 0.6) is 0 Å². The van der Waals surface area contributed by atoms with E-state index >= 15 is 0 Å². The predicted molar refractivity (Wildman–Crippen MR) is 113 cm³/mol. The normalized spacial score (nSPS) is 12.7. The summed E-state index contributed by atoms with van der Waals surface area (Å²) in [5.41, 5.74) is 0.720. The zero-order valence-corrected chi connectivity index (χ0v) is 17.9. The maximum atomic E-state index is 11.9. The molecule has 0 radical (unpaired) electrons. The number of amides is 1. The third-order valence-electron chi connectivity index (χ3n) is 3.09. The molecule has 25 heavy (non-hydrogen) atoms. The highest BCUT2D eigenvalue weighted by Crippen LogP contribution is 2.04. The van der Waals surface area contributed by atoms with Gasteiger partial charge in [0.1, 0.15) is 16.4 Å². The van der Waals surface area contributed by atoms with Crippen molar-refractivity contribution >= 4 is 51.4 Å². The van der Waals surface area contributed by atoms with Gasteiger partial charge in [0.2, 0.25) is 5.91 Å². The molecule has 3 N–H and O–H groups in total.